The molecule has 106 valence electrons. The van der Waals surface area contributed by atoms with Crippen molar-refractivity contribution in [2.45, 2.75) is 27.2 Å². The van der Waals surface area contributed by atoms with Gasteiger partial charge in [-0.1, -0.05) is 13.0 Å². The van der Waals surface area contributed by atoms with Gasteiger partial charge < -0.3 is 10.6 Å². The summed E-state index contributed by atoms with van der Waals surface area (Å²) in [5.41, 5.74) is 2.28. The fraction of sp³-hybridized carbons (Fsp3) is 0.333. The molecule has 0 fully saturated rings. The molecule has 2 N–H and O–H groups in total. The maximum Gasteiger partial charge on any atom is 0.224 e. The first-order valence-corrected chi connectivity index (χ1v) is 6.71. The van der Waals surface area contributed by atoms with Gasteiger partial charge in [-0.25, -0.2) is 9.37 Å². The van der Waals surface area contributed by atoms with Crippen LogP contribution in [0, 0.1) is 19.7 Å². The average molecular weight is 274 g/mol. The molecule has 0 bridgehead atoms. The Bertz CT molecular complexity index is 598. The van der Waals surface area contributed by atoms with Crippen LogP contribution in [-0.2, 0) is 0 Å². The number of aromatic nitrogens is 2. The number of nitrogens with zero attached hydrogens (tertiary/aromatic N) is 2. The lowest BCUT2D eigenvalue weighted by Gasteiger charge is -2.11. The van der Waals surface area contributed by atoms with Crippen molar-refractivity contribution in [2.75, 3.05) is 17.2 Å². The van der Waals surface area contributed by atoms with Crippen LogP contribution in [-0.4, -0.2) is 16.5 Å². The Morgan fingerprint density at radius 3 is 2.80 bits per heavy atom. The van der Waals surface area contributed by atoms with Gasteiger partial charge in [0.05, 0.1) is 5.69 Å². The summed E-state index contributed by atoms with van der Waals surface area (Å²) in [6, 6.07) is 4.95. The van der Waals surface area contributed by atoms with E-state index in [1.807, 2.05) is 13.8 Å². The van der Waals surface area contributed by atoms with E-state index in [2.05, 4.69) is 27.5 Å². The second kappa shape index (κ2) is 6.32. The van der Waals surface area contributed by atoms with Crippen LogP contribution in [0.2, 0.25) is 0 Å². The lowest BCUT2D eigenvalue weighted by molar-refractivity contribution is 0.631. The van der Waals surface area contributed by atoms with Gasteiger partial charge >= 0.3 is 0 Å². The number of hydrogen-bond donors (Lipinski definition) is 2. The van der Waals surface area contributed by atoms with Crippen LogP contribution in [0.1, 0.15) is 24.5 Å². The minimum Gasteiger partial charge on any atom is -0.354 e. The highest BCUT2D eigenvalue weighted by atomic mass is 19.1. The van der Waals surface area contributed by atoms with Crippen LogP contribution in [0.15, 0.2) is 24.4 Å². The predicted octanol–water partition coefficient (Wildman–Crippen LogP) is 3.80. The molecule has 5 heteroatoms. The minimum absolute atomic E-state index is 0.295. The summed E-state index contributed by atoms with van der Waals surface area (Å²) >= 11 is 0. The van der Waals surface area contributed by atoms with Crippen molar-refractivity contribution in [3.8, 4) is 0 Å². The van der Waals surface area contributed by atoms with Gasteiger partial charge in [-0.3, -0.25) is 0 Å². The van der Waals surface area contributed by atoms with Gasteiger partial charge in [0.1, 0.15) is 11.6 Å². The van der Waals surface area contributed by atoms with E-state index in [-0.39, 0.29) is 5.82 Å². The van der Waals surface area contributed by atoms with E-state index in [4.69, 9.17) is 0 Å². The predicted molar refractivity (Wildman–Crippen MR) is 80.0 cm³/mol. The minimum atomic E-state index is -0.295. The van der Waals surface area contributed by atoms with E-state index >= 15 is 0 Å². The van der Waals surface area contributed by atoms with Crippen molar-refractivity contribution in [2.24, 2.45) is 0 Å². The summed E-state index contributed by atoms with van der Waals surface area (Å²) in [7, 11) is 0. The third kappa shape index (κ3) is 3.44. The van der Waals surface area contributed by atoms with E-state index in [1.165, 1.54) is 6.07 Å². The highest BCUT2D eigenvalue weighted by Gasteiger charge is 2.07. The standard InChI is InChI=1S/C15H19FN4/c1-4-7-17-15-18-9-11(3)14(20-15)19-13-8-10(2)5-6-12(13)16/h5-6,8-9H,4,7H2,1-3H3,(H2,17,18,19,20). The molecule has 0 aliphatic carbocycles. The fourth-order valence-corrected chi connectivity index (χ4v) is 1.75. The van der Waals surface area contributed by atoms with Gasteiger partial charge in [-0.2, -0.15) is 4.98 Å². The number of hydrogen-bond acceptors (Lipinski definition) is 4. The molecule has 0 atom stereocenters. The summed E-state index contributed by atoms with van der Waals surface area (Å²) in [5, 5.41) is 6.15. The molecule has 0 amide bonds. The van der Waals surface area contributed by atoms with Crippen molar-refractivity contribution in [1.29, 1.82) is 0 Å². The van der Waals surface area contributed by atoms with Crippen molar-refractivity contribution in [1.82, 2.24) is 9.97 Å². The SMILES string of the molecule is CCCNc1ncc(C)c(Nc2cc(C)ccc2F)n1. The monoisotopic (exact) mass is 274 g/mol. The van der Waals surface area contributed by atoms with Crippen LogP contribution >= 0.6 is 0 Å². The van der Waals surface area contributed by atoms with Crippen LogP contribution < -0.4 is 10.6 Å². The third-order valence-corrected chi connectivity index (χ3v) is 2.88. The molecule has 1 heterocycles. The molecule has 0 spiro atoms. The van der Waals surface area contributed by atoms with Crippen LogP contribution in [0.3, 0.4) is 0 Å². The van der Waals surface area contributed by atoms with Crippen molar-refractivity contribution in [3.05, 3.63) is 41.3 Å². The molecule has 0 aliphatic heterocycles. The molecule has 0 unspecified atom stereocenters. The molecule has 1 aromatic carbocycles. The lowest BCUT2D eigenvalue weighted by atomic mass is 10.2. The van der Waals surface area contributed by atoms with Gasteiger partial charge in [0, 0.05) is 18.3 Å². The summed E-state index contributed by atoms with van der Waals surface area (Å²) in [6.45, 7) is 6.69. The van der Waals surface area contributed by atoms with E-state index in [0.717, 1.165) is 24.1 Å². The van der Waals surface area contributed by atoms with Gasteiger partial charge in [-0.15, -0.1) is 0 Å². The van der Waals surface area contributed by atoms with Crippen molar-refractivity contribution in [3.63, 3.8) is 0 Å². The van der Waals surface area contributed by atoms with Crippen molar-refractivity contribution >= 4 is 17.5 Å². The highest BCUT2D eigenvalue weighted by Crippen LogP contribution is 2.22. The Labute approximate surface area is 118 Å². The third-order valence-electron chi connectivity index (χ3n) is 2.88. The number of aryl methyl sites for hydroxylation is 2. The Morgan fingerprint density at radius 2 is 2.05 bits per heavy atom. The number of halogens is 1. The number of benzene rings is 1. The Hall–Kier alpha value is -2.17. The smallest absolute Gasteiger partial charge is 0.224 e. The van der Waals surface area contributed by atoms with Gasteiger partial charge in [-0.05, 0) is 38.0 Å². The summed E-state index contributed by atoms with van der Waals surface area (Å²) in [6.07, 6.45) is 2.72. The molecule has 2 rings (SSSR count). The first-order chi connectivity index (χ1) is 9.60. The molecule has 0 radical (unpaired) electrons. The number of rotatable bonds is 5. The zero-order valence-electron chi connectivity index (χ0n) is 12.0. The van der Waals surface area contributed by atoms with E-state index in [9.17, 15) is 4.39 Å². The first kappa shape index (κ1) is 14.2. The van der Waals surface area contributed by atoms with E-state index < -0.39 is 0 Å². The van der Waals surface area contributed by atoms with Gasteiger partial charge in [0.25, 0.3) is 0 Å². The molecule has 4 nitrogen and oxygen atoms in total. The largest absolute Gasteiger partial charge is 0.354 e. The maximum absolute atomic E-state index is 13.8. The van der Waals surface area contributed by atoms with Crippen LogP contribution in [0.25, 0.3) is 0 Å². The van der Waals surface area contributed by atoms with Crippen LogP contribution in [0.5, 0.6) is 0 Å². The van der Waals surface area contributed by atoms with E-state index in [0.29, 0.717) is 17.5 Å². The van der Waals surface area contributed by atoms with Gasteiger partial charge in [0.2, 0.25) is 5.95 Å². The number of anilines is 3. The summed E-state index contributed by atoms with van der Waals surface area (Å²) in [5.74, 6) is 0.868. The normalized spacial score (nSPS) is 10.4. The van der Waals surface area contributed by atoms with Crippen LogP contribution in [0.4, 0.5) is 21.8 Å². The second-order valence-electron chi connectivity index (χ2n) is 4.76. The molecular weight excluding hydrogens is 255 g/mol. The zero-order valence-corrected chi connectivity index (χ0v) is 12.0. The molecule has 1 aromatic heterocycles. The fourth-order valence-electron chi connectivity index (χ4n) is 1.75. The highest BCUT2D eigenvalue weighted by molar-refractivity contribution is 5.61. The Kier molecular flexibility index (Phi) is 4.50. The maximum atomic E-state index is 13.8. The topological polar surface area (TPSA) is 49.8 Å². The molecule has 0 saturated carbocycles. The second-order valence-corrected chi connectivity index (χ2v) is 4.76. The zero-order chi connectivity index (χ0) is 14.5. The Balaban J connectivity index is 2.25. The van der Waals surface area contributed by atoms with Gasteiger partial charge in [0.15, 0.2) is 0 Å². The number of nitrogens with one attached hydrogen (secondary N) is 2. The molecule has 2 aromatic rings. The quantitative estimate of drug-likeness (QED) is 0.870. The Morgan fingerprint density at radius 1 is 1.25 bits per heavy atom. The molecule has 0 aliphatic rings. The first-order valence-electron chi connectivity index (χ1n) is 6.71. The van der Waals surface area contributed by atoms with E-state index in [1.54, 1.807) is 18.3 Å². The van der Waals surface area contributed by atoms with Crippen molar-refractivity contribution < 1.29 is 4.39 Å². The lowest BCUT2D eigenvalue weighted by Crippen LogP contribution is -2.07. The average Bonchev–Trinajstić information content (AvgIpc) is 2.43. The molecular formula is C15H19FN4. The summed E-state index contributed by atoms with van der Waals surface area (Å²) < 4.78 is 13.8. The summed E-state index contributed by atoms with van der Waals surface area (Å²) in [4.78, 5) is 8.58. The molecule has 0 saturated heterocycles. The molecule has 20 heavy (non-hydrogen) atoms.